The number of carboxylic acids is 1. The van der Waals surface area contributed by atoms with Gasteiger partial charge in [0, 0.05) is 6.08 Å². The molecular formula is C10H8N2O5. The molecule has 1 fully saturated rings. The zero-order valence-corrected chi connectivity index (χ0v) is 8.54. The maximum atomic E-state index is 11.6. The Labute approximate surface area is 95.3 Å². The number of hydrogen-bond donors (Lipinski definition) is 2. The van der Waals surface area contributed by atoms with E-state index in [4.69, 9.17) is 9.52 Å². The molecular weight excluding hydrogens is 228 g/mol. The maximum absolute atomic E-state index is 11.6. The van der Waals surface area contributed by atoms with Crippen LogP contribution in [0.15, 0.2) is 28.5 Å². The van der Waals surface area contributed by atoms with Crippen LogP contribution in [0.3, 0.4) is 0 Å². The van der Waals surface area contributed by atoms with Crippen molar-refractivity contribution in [3.8, 4) is 0 Å². The zero-order chi connectivity index (χ0) is 12.4. The zero-order valence-electron chi connectivity index (χ0n) is 8.54. The van der Waals surface area contributed by atoms with Gasteiger partial charge in [-0.05, 0) is 12.1 Å². The van der Waals surface area contributed by atoms with Crippen LogP contribution in [0.5, 0.6) is 0 Å². The number of furan rings is 1. The van der Waals surface area contributed by atoms with E-state index < -0.39 is 24.5 Å². The Bertz CT molecular complexity index is 503. The number of carbonyl (C=O) groups is 3. The number of rotatable bonds is 3. The van der Waals surface area contributed by atoms with Crippen molar-refractivity contribution in [2.24, 2.45) is 0 Å². The highest BCUT2D eigenvalue weighted by Crippen LogP contribution is 2.13. The largest absolute Gasteiger partial charge is 0.480 e. The number of carbonyl (C=O) groups excluding carboxylic acids is 2. The van der Waals surface area contributed by atoms with Crippen molar-refractivity contribution in [3.63, 3.8) is 0 Å². The quantitative estimate of drug-likeness (QED) is 0.579. The van der Waals surface area contributed by atoms with Crippen LogP contribution in [0.2, 0.25) is 0 Å². The number of nitrogens with one attached hydrogen (secondary N) is 1. The SMILES string of the molecule is O=C(O)CN1C(=O)N/C(=C/c2ccco2)C1=O. The average molecular weight is 236 g/mol. The van der Waals surface area contributed by atoms with Crippen LogP contribution in [0.1, 0.15) is 5.76 Å². The Morgan fingerprint density at radius 1 is 1.53 bits per heavy atom. The van der Waals surface area contributed by atoms with Crippen LogP contribution in [-0.4, -0.2) is 34.5 Å². The lowest BCUT2D eigenvalue weighted by Gasteiger charge is -2.06. The van der Waals surface area contributed by atoms with Gasteiger partial charge in [-0.15, -0.1) is 0 Å². The van der Waals surface area contributed by atoms with Gasteiger partial charge in [-0.3, -0.25) is 9.59 Å². The lowest BCUT2D eigenvalue weighted by molar-refractivity contribution is -0.140. The summed E-state index contributed by atoms with van der Waals surface area (Å²) in [6, 6.07) is 2.48. The van der Waals surface area contributed by atoms with Crippen LogP contribution >= 0.6 is 0 Å². The summed E-state index contributed by atoms with van der Waals surface area (Å²) in [5.74, 6) is -1.55. The third-order valence-electron chi connectivity index (χ3n) is 2.09. The number of carboxylic acid groups (broad SMARTS) is 1. The molecule has 2 N–H and O–H groups in total. The molecule has 2 heterocycles. The van der Waals surface area contributed by atoms with Crippen molar-refractivity contribution in [1.29, 1.82) is 0 Å². The molecule has 0 aliphatic carbocycles. The number of urea groups is 1. The number of aliphatic carboxylic acids is 1. The summed E-state index contributed by atoms with van der Waals surface area (Å²) in [6.07, 6.45) is 2.75. The van der Waals surface area contributed by atoms with Crippen molar-refractivity contribution in [1.82, 2.24) is 10.2 Å². The summed E-state index contributed by atoms with van der Waals surface area (Å²) in [5.41, 5.74) is -0.00815. The minimum absolute atomic E-state index is 0.00815. The fraction of sp³-hybridized carbons (Fsp3) is 0.100. The minimum Gasteiger partial charge on any atom is -0.480 e. The third-order valence-corrected chi connectivity index (χ3v) is 2.09. The van der Waals surface area contributed by atoms with Crippen molar-refractivity contribution in [2.75, 3.05) is 6.54 Å². The van der Waals surface area contributed by atoms with Crippen molar-refractivity contribution < 1.29 is 23.9 Å². The molecule has 0 aromatic carbocycles. The molecule has 17 heavy (non-hydrogen) atoms. The molecule has 7 nitrogen and oxygen atoms in total. The summed E-state index contributed by atoms with van der Waals surface area (Å²) in [5, 5.41) is 10.8. The van der Waals surface area contributed by atoms with Gasteiger partial charge in [-0.2, -0.15) is 0 Å². The molecule has 1 aliphatic heterocycles. The second-order valence-electron chi connectivity index (χ2n) is 3.29. The fourth-order valence-corrected chi connectivity index (χ4v) is 1.37. The molecule has 0 bridgehead atoms. The molecule has 7 heteroatoms. The van der Waals surface area contributed by atoms with Gasteiger partial charge in [0.15, 0.2) is 0 Å². The summed E-state index contributed by atoms with van der Waals surface area (Å²) in [6.45, 7) is -0.667. The van der Waals surface area contributed by atoms with Crippen LogP contribution in [0, 0.1) is 0 Å². The molecule has 2 rings (SSSR count). The Morgan fingerprint density at radius 3 is 2.88 bits per heavy atom. The van der Waals surface area contributed by atoms with E-state index in [2.05, 4.69) is 5.32 Å². The Morgan fingerprint density at radius 2 is 2.29 bits per heavy atom. The van der Waals surface area contributed by atoms with Gasteiger partial charge in [0.2, 0.25) is 0 Å². The minimum atomic E-state index is -1.26. The number of nitrogens with zero attached hydrogens (tertiary/aromatic N) is 1. The second-order valence-corrected chi connectivity index (χ2v) is 3.29. The maximum Gasteiger partial charge on any atom is 0.329 e. The Kier molecular flexibility index (Phi) is 2.65. The topological polar surface area (TPSA) is 99.8 Å². The molecule has 0 spiro atoms. The van der Waals surface area contributed by atoms with Gasteiger partial charge in [0.05, 0.1) is 6.26 Å². The third kappa shape index (κ3) is 2.17. The van der Waals surface area contributed by atoms with Gasteiger partial charge in [0.1, 0.15) is 18.0 Å². The second kappa shape index (κ2) is 4.12. The van der Waals surface area contributed by atoms with Gasteiger partial charge in [0.25, 0.3) is 5.91 Å². The Balaban J connectivity index is 2.21. The van der Waals surface area contributed by atoms with Crippen molar-refractivity contribution in [3.05, 3.63) is 29.9 Å². The Hall–Kier alpha value is -2.57. The van der Waals surface area contributed by atoms with E-state index in [-0.39, 0.29) is 5.70 Å². The van der Waals surface area contributed by atoms with Crippen LogP contribution in [0.25, 0.3) is 6.08 Å². The molecule has 1 saturated heterocycles. The van der Waals surface area contributed by atoms with Crippen molar-refractivity contribution in [2.45, 2.75) is 0 Å². The highest BCUT2D eigenvalue weighted by molar-refractivity contribution is 6.14. The number of amides is 3. The first kappa shape index (κ1) is 10.9. The van der Waals surface area contributed by atoms with Gasteiger partial charge < -0.3 is 14.8 Å². The normalized spacial score (nSPS) is 17.6. The van der Waals surface area contributed by atoms with Gasteiger partial charge in [-0.25, -0.2) is 9.69 Å². The number of hydrogen-bond acceptors (Lipinski definition) is 4. The van der Waals surface area contributed by atoms with E-state index in [0.29, 0.717) is 10.7 Å². The van der Waals surface area contributed by atoms with E-state index in [9.17, 15) is 14.4 Å². The first-order valence-electron chi connectivity index (χ1n) is 4.68. The molecule has 0 saturated carbocycles. The summed E-state index contributed by atoms with van der Waals surface area (Å²) < 4.78 is 4.98. The molecule has 1 aromatic rings. The van der Waals surface area contributed by atoms with Gasteiger partial charge >= 0.3 is 12.0 Å². The predicted molar refractivity (Wildman–Crippen MR) is 54.6 cm³/mol. The molecule has 3 amide bonds. The van der Waals surface area contributed by atoms with Crippen LogP contribution in [0.4, 0.5) is 4.79 Å². The lowest BCUT2D eigenvalue weighted by Crippen LogP contribution is -2.35. The average Bonchev–Trinajstić information content (AvgIpc) is 2.83. The molecule has 0 radical (unpaired) electrons. The molecule has 1 aliphatic rings. The van der Waals surface area contributed by atoms with E-state index in [0.717, 1.165) is 0 Å². The smallest absolute Gasteiger partial charge is 0.329 e. The lowest BCUT2D eigenvalue weighted by atomic mass is 10.3. The highest BCUT2D eigenvalue weighted by atomic mass is 16.4. The standard InChI is InChI=1S/C10H8N2O5/c13-8(14)5-12-9(15)7(11-10(12)16)4-6-2-1-3-17-6/h1-4H,5H2,(H,11,16)(H,13,14)/b7-4+. The number of imide groups is 1. The van der Waals surface area contributed by atoms with Crippen LogP contribution in [-0.2, 0) is 9.59 Å². The fourth-order valence-electron chi connectivity index (χ4n) is 1.37. The first-order chi connectivity index (χ1) is 8.08. The van der Waals surface area contributed by atoms with Crippen LogP contribution < -0.4 is 5.32 Å². The first-order valence-corrected chi connectivity index (χ1v) is 4.68. The van der Waals surface area contributed by atoms with E-state index in [1.54, 1.807) is 12.1 Å². The van der Waals surface area contributed by atoms with Gasteiger partial charge in [-0.1, -0.05) is 0 Å². The molecule has 1 aromatic heterocycles. The summed E-state index contributed by atoms with van der Waals surface area (Å²) >= 11 is 0. The molecule has 0 unspecified atom stereocenters. The summed E-state index contributed by atoms with van der Waals surface area (Å²) in [4.78, 5) is 34.0. The van der Waals surface area contributed by atoms with Crippen molar-refractivity contribution >= 4 is 24.0 Å². The van der Waals surface area contributed by atoms with E-state index in [1.807, 2.05) is 0 Å². The van der Waals surface area contributed by atoms with E-state index in [1.165, 1.54) is 12.3 Å². The predicted octanol–water partition coefficient (Wildman–Crippen LogP) is 0.257. The molecule has 88 valence electrons. The molecule has 0 atom stereocenters. The highest BCUT2D eigenvalue weighted by Gasteiger charge is 2.34. The van der Waals surface area contributed by atoms with E-state index >= 15 is 0 Å². The monoisotopic (exact) mass is 236 g/mol. The summed E-state index contributed by atoms with van der Waals surface area (Å²) in [7, 11) is 0.